The maximum atomic E-state index is 4.89. The summed E-state index contributed by atoms with van der Waals surface area (Å²) in [7, 11) is 0. The third-order valence-corrected chi connectivity index (χ3v) is 4.04. The fourth-order valence-electron chi connectivity index (χ4n) is 2.88. The Morgan fingerprint density at radius 3 is 2.56 bits per heavy atom. The molecule has 3 rings (SSSR count). The van der Waals surface area contributed by atoms with Gasteiger partial charge in [0.2, 0.25) is 0 Å². The minimum absolute atomic E-state index is 0.594. The van der Waals surface area contributed by atoms with Gasteiger partial charge in [0.25, 0.3) is 0 Å². The van der Waals surface area contributed by atoms with Gasteiger partial charge in [0, 0.05) is 23.7 Å². The number of hydrogen-bond acceptors (Lipinski definition) is 1. The highest BCUT2D eigenvalue weighted by atomic mass is 15.1. The van der Waals surface area contributed by atoms with Crippen LogP contribution in [0.2, 0.25) is 0 Å². The number of nitrogens with zero attached hydrogens (tertiary/aromatic N) is 2. The summed E-state index contributed by atoms with van der Waals surface area (Å²) in [6.07, 6.45) is 2.54. The summed E-state index contributed by atoms with van der Waals surface area (Å²) in [5.41, 5.74) is 5.03. The van der Waals surface area contributed by atoms with Gasteiger partial charge in [-0.1, -0.05) is 36.8 Å². The summed E-state index contributed by atoms with van der Waals surface area (Å²) in [5, 5.41) is 0. The van der Waals surface area contributed by atoms with Crippen LogP contribution in [0, 0.1) is 13.8 Å². The van der Waals surface area contributed by atoms with Gasteiger partial charge in [0.1, 0.15) is 5.82 Å². The molecule has 0 spiro atoms. The van der Waals surface area contributed by atoms with Crippen molar-refractivity contribution in [1.29, 1.82) is 0 Å². The van der Waals surface area contributed by atoms with E-state index in [2.05, 4.69) is 49.6 Å². The fourth-order valence-corrected chi connectivity index (χ4v) is 2.88. The Bertz CT molecular complexity index is 564. The van der Waals surface area contributed by atoms with E-state index in [1.807, 2.05) is 0 Å². The maximum Gasteiger partial charge on any atom is 0.112 e. The van der Waals surface area contributed by atoms with E-state index in [1.165, 1.54) is 41.2 Å². The van der Waals surface area contributed by atoms with Crippen molar-refractivity contribution in [3.05, 3.63) is 41.3 Å². The standard InChI is InChI=1S/C16H20N2/c1-11-6-8-14(9-7-11)15-13(3)18-10-4-5-12(2)16(18)17-15/h6-9,12H,4-5,10H2,1-3H3. The lowest BCUT2D eigenvalue weighted by atomic mass is 10.0. The van der Waals surface area contributed by atoms with Crippen molar-refractivity contribution in [2.45, 2.75) is 46.1 Å². The van der Waals surface area contributed by atoms with E-state index < -0.39 is 0 Å². The number of benzene rings is 1. The molecule has 1 aliphatic rings. The molecule has 0 bridgehead atoms. The van der Waals surface area contributed by atoms with E-state index in [0.717, 1.165) is 6.54 Å². The second-order valence-electron chi connectivity index (χ2n) is 5.46. The van der Waals surface area contributed by atoms with Crippen LogP contribution < -0.4 is 0 Å². The summed E-state index contributed by atoms with van der Waals surface area (Å²) in [6.45, 7) is 7.74. The first-order chi connectivity index (χ1) is 8.66. The molecule has 2 heterocycles. The summed E-state index contributed by atoms with van der Waals surface area (Å²) < 4.78 is 2.41. The zero-order valence-corrected chi connectivity index (χ0v) is 11.4. The second kappa shape index (κ2) is 4.27. The molecule has 94 valence electrons. The lowest BCUT2D eigenvalue weighted by molar-refractivity contribution is 0.458. The van der Waals surface area contributed by atoms with Gasteiger partial charge in [-0.3, -0.25) is 0 Å². The Kier molecular flexibility index (Phi) is 2.73. The van der Waals surface area contributed by atoms with Gasteiger partial charge in [0.15, 0.2) is 0 Å². The van der Waals surface area contributed by atoms with E-state index in [1.54, 1.807) is 0 Å². The second-order valence-corrected chi connectivity index (χ2v) is 5.46. The number of rotatable bonds is 1. The van der Waals surface area contributed by atoms with E-state index in [4.69, 9.17) is 4.98 Å². The number of fused-ring (bicyclic) bond motifs is 1. The Balaban J connectivity index is 2.10. The average molecular weight is 240 g/mol. The van der Waals surface area contributed by atoms with Crippen LogP contribution in [0.5, 0.6) is 0 Å². The largest absolute Gasteiger partial charge is 0.331 e. The van der Waals surface area contributed by atoms with Crippen LogP contribution in [0.3, 0.4) is 0 Å². The van der Waals surface area contributed by atoms with Crippen LogP contribution in [-0.4, -0.2) is 9.55 Å². The van der Waals surface area contributed by atoms with Crippen LogP contribution in [-0.2, 0) is 6.54 Å². The minimum Gasteiger partial charge on any atom is -0.331 e. The van der Waals surface area contributed by atoms with Crippen LogP contribution in [0.25, 0.3) is 11.3 Å². The molecule has 18 heavy (non-hydrogen) atoms. The third-order valence-electron chi connectivity index (χ3n) is 4.04. The number of imidazole rings is 1. The highest BCUT2D eigenvalue weighted by Gasteiger charge is 2.22. The van der Waals surface area contributed by atoms with E-state index >= 15 is 0 Å². The van der Waals surface area contributed by atoms with Gasteiger partial charge < -0.3 is 4.57 Å². The quantitative estimate of drug-likeness (QED) is 0.735. The zero-order valence-electron chi connectivity index (χ0n) is 11.4. The van der Waals surface area contributed by atoms with Gasteiger partial charge >= 0.3 is 0 Å². The van der Waals surface area contributed by atoms with E-state index in [-0.39, 0.29) is 0 Å². The molecule has 2 aromatic rings. The van der Waals surface area contributed by atoms with Gasteiger partial charge in [0.05, 0.1) is 5.69 Å². The predicted octanol–water partition coefficient (Wildman–Crippen LogP) is 4.06. The monoisotopic (exact) mass is 240 g/mol. The molecular weight excluding hydrogens is 220 g/mol. The first-order valence-electron chi connectivity index (χ1n) is 6.81. The molecular formula is C16H20N2. The predicted molar refractivity (Wildman–Crippen MR) is 74.8 cm³/mol. The Hall–Kier alpha value is -1.57. The van der Waals surface area contributed by atoms with Crippen molar-refractivity contribution < 1.29 is 0 Å². The number of hydrogen-bond donors (Lipinski definition) is 0. The summed E-state index contributed by atoms with van der Waals surface area (Å²) in [6, 6.07) is 8.69. The van der Waals surface area contributed by atoms with Crippen molar-refractivity contribution in [3.8, 4) is 11.3 Å². The number of aromatic nitrogens is 2. The van der Waals surface area contributed by atoms with Crippen molar-refractivity contribution >= 4 is 0 Å². The number of aryl methyl sites for hydroxylation is 1. The first-order valence-corrected chi connectivity index (χ1v) is 6.81. The fraction of sp³-hybridized carbons (Fsp3) is 0.438. The normalized spacial score (nSPS) is 18.7. The smallest absolute Gasteiger partial charge is 0.112 e. The SMILES string of the molecule is Cc1ccc(-c2nc3n(c2C)CCCC3C)cc1. The van der Waals surface area contributed by atoms with Gasteiger partial charge in [-0.25, -0.2) is 4.98 Å². The summed E-state index contributed by atoms with van der Waals surface area (Å²) in [4.78, 5) is 4.89. The van der Waals surface area contributed by atoms with Gasteiger partial charge in [-0.05, 0) is 26.7 Å². The first kappa shape index (κ1) is 11.5. The minimum atomic E-state index is 0.594. The molecule has 2 nitrogen and oxygen atoms in total. The molecule has 1 aromatic heterocycles. The van der Waals surface area contributed by atoms with E-state index in [9.17, 15) is 0 Å². The molecule has 0 saturated heterocycles. The van der Waals surface area contributed by atoms with Crippen molar-refractivity contribution in [1.82, 2.24) is 9.55 Å². The lowest BCUT2D eigenvalue weighted by Crippen LogP contribution is -2.14. The van der Waals surface area contributed by atoms with Crippen molar-refractivity contribution in [2.24, 2.45) is 0 Å². The Morgan fingerprint density at radius 2 is 1.89 bits per heavy atom. The molecule has 1 unspecified atom stereocenters. The lowest BCUT2D eigenvalue weighted by Gasteiger charge is -2.20. The summed E-state index contributed by atoms with van der Waals surface area (Å²) in [5.74, 6) is 1.87. The molecule has 0 radical (unpaired) electrons. The van der Waals surface area contributed by atoms with Crippen LogP contribution in [0.15, 0.2) is 24.3 Å². The molecule has 1 atom stereocenters. The molecule has 1 aromatic carbocycles. The molecule has 0 fully saturated rings. The highest BCUT2D eigenvalue weighted by molar-refractivity contribution is 5.62. The maximum absolute atomic E-state index is 4.89. The molecule has 0 amide bonds. The third kappa shape index (κ3) is 1.76. The van der Waals surface area contributed by atoms with E-state index in [0.29, 0.717) is 5.92 Å². The molecule has 0 N–H and O–H groups in total. The van der Waals surface area contributed by atoms with Crippen LogP contribution in [0.1, 0.15) is 42.8 Å². The van der Waals surface area contributed by atoms with Crippen LogP contribution in [0.4, 0.5) is 0 Å². The average Bonchev–Trinajstić information content (AvgIpc) is 2.70. The molecule has 0 saturated carbocycles. The zero-order chi connectivity index (χ0) is 12.7. The molecule has 0 aliphatic carbocycles. The van der Waals surface area contributed by atoms with Gasteiger partial charge in [-0.2, -0.15) is 0 Å². The highest BCUT2D eigenvalue weighted by Crippen LogP contribution is 2.32. The van der Waals surface area contributed by atoms with Crippen molar-refractivity contribution in [2.75, 3.05) is 0 Å². The molecule has 2 heteroatoms. The van der Waals surface area contributed by atoms with Gasteiger partial charge in [-0.15, -0.1) is 0 Å². The van der Waals surface area contributed by atoms with Crippen molar-refractivity contribution in [3.63, 3.8) is 0 Å². The Morgan fingerprint density at radius 1 is 1.17 bits per heavy atom. The van der Waals surface area contributed by atoms with Crippen LogP contribution >= 0.6 is 0 Å². The Labute approximate surface area is 109 Å². The summed E-state index contributed by atoms with van der Waals surface area (Å²) >= 11 is 0. The topological polar surface area (TPSA) is 17.8 Å². The molecule has 1 aliphatic heterocycles.